The van der Waals surface area contributed by atoms with Crippen molar-refractivity contribution in [1.29, 1.82) is 0 Å². The number of nitrogens with zero attached hydrogens (tertiary/aromatic N) is 2. The molecule has 4 rings (SSSR count). The highest BCUT2D eigenvalue weighted by atomic mass is 35.5. The van der Waals surface area contributed by atoms with Crippen LogP contribution in [0.2, 0.25) is 10.0 Å². The Morgan fingerprint density at radius 3 is 2.58 bits per heavy atom. The molecule has 1 aliphatic heterocycles. The number of aromatic nitrogens is 1. The van der Waals surface area contributed by atoms with Gasteiger partial charge in [0.15, 0.2) is 0 Å². The van der Waals surface area contributed by atoms with E-state index in [2.05, 4.69) is 15.6 Å². The van der Waals surface area contributed by atoms with Gasteiger partial charge < -0.3 is 30.5 Å². The Bertz CT molecular complexity index is 1440. The van der Waals surface area contributed by atoms with Crippen molar-refractivity contribution in [3.63, 3.8) is 0 Å². The summed E-state index contributed by atoms with van der Waals surface area (Å²) in [5, 5.41) is 15.8. The zero-order valence-electron chi connectivity index (χ0n) is 22.2. The second-order valence-electron chi connectivity index (χ2n) is 10.1. The number of nitrogens with one attached hydrogen (secondary N) is 3. The van der Waals surface area contributed by atoms with E-state index in [1.54, 1.807) is 12.1 Å². The molecule has 0 unspecified atom stereocenters. The summed E-state index contributed by atoms with van der Waals surface area (Å²) in [6, 6.07) is 11.1. The first kappa shape index (κ1) is 29.2. The van der Waals surface area contributed by atoms with Crippen LogP contribution in [-0.2, 0) is 27.3 Å². The average Bonchev–Trinajstić information content (AvgIpc) is 3.26. The molecule has 0 radical (unpaired) electrons. The third kappa shape index (κ3) is 6.86. The minimum Gasteiger partial charge on any atom is -0.481 e. The van der Waals surface area contributed by atoms with Gasteiger partial charge in [-0.25, -0.2) is 4.79 Å². The topological polar surface area (TPSA) is 135 Å². The summed E-state index contributed by atoms with van der Waals surface area (Å²) in [5.41, 5.74) is 3.10. The van der Waals surface area contributed by atoms with Crippen LogP contribution in [0.15, 0.2) is 42.5 Å². The molecule has 3 aromatic rings. The Kier molecular flexibility index (Phi) is 9.21. The number of carbonyl (C=O) groups is 4. The maximum Gasteiger partial charge on any atom is 0.322 e. The first-order chi connectivity index (χ1) is 19.0. The molecule has 1 aliphatic rings. The van der Waals surface area contributed by atoms with Crippen molar-refractivity contribution in [2.45, 2.75) is 39.3 Å². The quantitative estimate of drug-likeness (QED) is 0.292. The molecule has 1 atom stereocenters. The molecule has 40 heavy (non-hydrogen) atoms. The number of H-pyrrole nitrogens is 1. The van der Waals surface area contributed by atoms with Crippen LogP contribution in [0, 0.1) is 5.92 Å². The van der Waals surface area contributed by atoms with Crippen LogP contribution >= 0.6 is 23.2 Å². The summed E-state index contributed by atoms with van der Waals surface area (Å²) >= 11 is 12.2. The number of aliphatic carboxylic acids is 1. The van der Waals surface area contributed by atoms with E-state index >= 15 is 0 Å². The van der Waals surface area contributed by atoms with Gasteiger partial charge in [-0.2, -0.15) is 0 Å². The molecule has 0 bridgehead atoms. The summed E-state index contributed by atoms with van der Waals surface area (Å²) in [6.45, 7) is 3.99. The Morgan fingerprint density at radius 2 is 1.88 bits per heavy atom. The molecular weight excluding hydrogens is 557 g/mol. The Hall–Kier alpha value is -3.76. The van der Waals surface area contributed by atoms with Crippen molar-refractivity contribution in [3.8, 4) is 0 Å². The molecule has 0 saturated carbocycles. The number of anilines is 1. The van der Waals surface area contributed by atoms with Crippen LogP contribution in [0.25, 0.3) is 10.9 Å². The van der Waals surface area contributed by atoms with Crippen LogP contribution in [0.4, 0.5) is 10.5 Å². The van der Waals surface area contributed by atoms with Crippen molar-refractivity contribution >= 4 is 63.6 Å². The molecule has 4 amide bonds. The van der Waals surface area contributed by atoms with Gasteiger partial charge in [0.2, 0.25) is 11.8 Å². The zero-order chi connectivity index (χ0) is 29.0. The van der Waals surface area contributed by atoms with Crippen LogP contribution in [-0.4, -0.2) is 69.4 Å². The second kappa shape index (κ2) is 12.6. The Balaban J connectivity index is 1.63. The summed E-state index contributed by atoms with van der Waals surface area (Å²) < 4.78 is 0. The minimum atomic E-state index is -1.03. The number of rotatable bonds is 9. The first-order valence-corrected chi connectivity index (χ1v) is 13.7. The first-order valence-electron chi connectivity index (χ1n) is 12.9. The predicted molar refractivity (Wildman–Crippen MR) is 153 cm³/mol. The number of amides is 4. The van der Waals surface area contributed by atoms with Crippen LogP contribution in [0.5, 0.6) is 0 Å². The van der Waals surface area contributed by atoms with E-state index < -0.39 is 23.9 Å². The molecule has 10 nitrogen and oxygen atoms in total. The van der Waals surface area contributed by atoms with Crippen LogP contribution in [0.1, 0.15) is 31.5 Å². The zero-order valence-corrected chi connectivity index (χ0v) is 23.7. The number of urea groups is 1. The number of halogens is 2. The number of hydrogen-bond donors (Lipinski definition) is 4. The fraction of sp³-hybridized carbons (Fsp3) is 0.357. The molecule has 0 aliphatic carbocycles. The van der Waals surface area contributed by atoms with Gasteiger partial charge in [-0.3, -0.25) is 14.4 Å². The molecule has 2 heterocycles. The summed E-state index contributed by atoms with van der Waals surface area (Å²) in [5.74, 6) is -1.83. The van der Waals surface area contributed by atoms with Crippen molar-refractivity contribution in [2.75, 3.05) is 25.0 Å². The van der Waals surface area contributed by atoms with E-state index in [1.807, 2.05) is 38.1 Å². The van der Waals surface area contributed by atoms with Gasteiger partial charge in [0, 0.05) is 41.8 Å². The summed E-state index contributed by atoms with van der Waals surface area (Å²) in [4.78, 5) is 57.4. The lowest BCUT2D eigenvalue weighted by Gasteiger charge is -2.38. The van der Waals surface area contributed by atoms with E-state index in [-0.39, 0.29) is 55.9 Å². The van der Waals surface area contributed by atoms with Crippen molar-refractivity contribution in [3.05, 3.63) is 63.8 Å². The maximum atomic E-state index is 14.1. The molecule has 0 spiro atoms. The molecule has 0 fully saturated rings. The highest BCUT2D eigenvalue weighted by Crippen LogP contribution is 2.32. The van der Waals surface area contributed by atoms with Gasteiger partial charge in [0.25, 0.3) is 0 Å². The number of carbonyl (C=O) groups excluding carboxylic acids is 3. The van der Waals surface area contributed by atoms with Crippen molar-refractivity contribution in [1.82, 2.24) is 20.1 Å². The Labute approximate surface area is 241 Å². The monoisotopic (exact) mass is 587 g/mol. The summed E-state index contributed by atoms with van der Waals surface area (Å²) in [6.07, 6.45) is 0.0285. The molecule has 12 heteroatoms. The van der Waals surface area contributed by atoms with Gasteiger partial charge in [-0.05, 0) is 35.7 Å². The fourth-order valence-electron chi connectivity index (χ4n) is 4.83. The average molecular weight is 588 g/mol. The third-order valence-corrected chi connectivity index (χ3v) is 7.35. The van der Waals surface area contributed by atoms with Crippen molar-refractivity contribution in [2.24, 2.45) is 5.92 Å². The lowest BCUT2D eigenvalue weighted by molar-refractivity contribution is -0.141. The fourth-order valence-corrected chi connectivity index (χ4v) is 5.13. The van der Waals surface area contributed by atoms with Gasteiger partial charge in [-0.15, -0.1) is 0 Å². The van der Waals surface area contributed by atoms with Gasteiger partial charge in [0.1, 0.15) is 6.04 Å². The number of hydrogen-bond acceptors (Lipinski definition) is 4. The molecule has 4 N–H and O–H groups in total. The lowest BCUT2D eigenvalue weighted by Crippen LogP contribution is -2.56. The van der Waals surface area contributed by atoms with Crippen LogP contribution < -0.4 is 10.6 Å². The highest BCUT2D eigenvalue weighted by molar-refractivity contribution is 6.42. The molecule has 0 saturated heterocycles. The van der Waals surface area contributed by atoms with E-state index in [0.29, 0.717) is 10.7 Å². The number of aromatic amines is 1. The standard InChI is InChI=1S/C28H31Cl2N5O5/c1-16(2)13-34(15-25(36)31-10-9-26(37)38)27(39)24-12-19-18-5-3-4-6-22(18)33-23(19)14-35(24)28(40)32-17-7-8-20(29)21(30)11-17/h3-8,11,16,24,33H,9-10,12-15H2,1-2H3,(H,31,36)(H,32,40)(H,37,38)/t24-/m1/s1. The second-order valence-corrected chi connectivity index (χ2v) is 11.0. The lowest BCUT2D eigenvalue weighted by atomic mass is 9.95. The summed E-state index contributed by atoms with van der Waals surface area (Å²) in [7, 11) is 0. The number of benzene rings is 2. The van der Waals surface area contributed by atoms with Gasteiger partial charge in [0.05, 0.1) is 29.6 Å². The van der Waals surface area contributed by atoms with E-state index in [1.165, 1.54) is 15.9 Å². The SMILES string of the molecule is CC(C)CN(CC(=O)NCCC(=O)O)C(=O)[C@H]1Cc2c([nH]c3ccccc23)CN1C(=O)Nc1ccc(Cl)c(Cl)c1. The smallest absolute Gasteiger partial charge is 0.322 e. The van der Waals surface area contributed by atoms with Gasteiger partial charge in [-0.1, -0.05) is 55.2 Å². The molecule has 1 aromatic heterocycles. The largest absolute Gasteiger partial charge is 0.481 e. The van der Waals surface area contributed by atoms with E-state index in [0.717, 1.165) is 22.2 Å². The van der Waals surface area contributed by atoms with E-state index in [9.17, 15) is 19.2 Å². The maximum absolute atomic E-state index is 14.1. The highest BCUT2D eigenvalue weighted by Gasteiger charge is 2.39. The van der Waals surface area contributed by atoms with E-state index in [4.69, 9.17) is 28.3 Å². The predicted octanol–water partition coefficient (Wildman–Crippen LogP) is 4.51. The Morgan fingerprint density at radius 1 is 1.12 bits per heavy atom. The normalized spacial score (nSPS) is 14.6. The number of carboxylic acid groups (broad SMARTS) is 1. The minimum absolute atomic E-state index is 0.0431. The molecule has 212 valence electrons. The van der Waals surface area contributed by atoms with Crippen molar-refractivity contribution < 1.29 is 24.3 Å². The number of carboxylic acids is 1. The number of fused-ring (bicyclic) bond motifs is 3. The molecular formula is C28H31Cl2N5O5. The van der Waals surface area contributed by atoms with Crippen LogP contribution in [0.3, 0.4) is 0 Å². The molecule has 2 aromatic carbocycles. The third-order valence-electron chi connectivity index (χ3n) is 6.61. The van der Waals surface area contributed by atoms with Gasteiger partial charge >= 0.3 is 12.0 Å². The number of para-hydroxylation sites is 1.